The second kappa shape index (κ2) is 7.79. The highest BCUT2D eigenvalue weighted by molar-refractivity contribution is 5.87. The van der Waals surface area contributed by atoms with E-state index in [4.69, 9.17) is 9.97 Å². The Morgan fingerprint density at radius 1 is 0.897 bits per heavy atom. The zero-order valence-electron chi connectivity index (χ0n) is 17.1. The van der Waals surface area contributed by atoms with Gasteiger partial charge in [0, 0.05) is 37.2 Å². The number of imidazole rings is 1. The smallest absolute Gasteiger partial charge is 0.231 e. The summed E-state index contributed by atoms with van der Waals surface area (Å²) in [6.07, 6.45) is 1.82. The van der Waals surface area contributed by atoms with Crippen LogP contribution in [0.15, 0.2) is 60.9 Å². The molecule has 2 heterocycles. The molecule has 0 amide bonds. The monoisotopic (exact) mass is 387 g/mol. The van der Waals surface area contributed by atoms with E-state index in [9.17, 15) is 0 Å². The summed E-state index contributed by atoms with van der Waals surface area (Å²) in [4.78, 5) is 16.1. The highest BCUT2D eigenvalue weighted by atomic mass is 15.2. The van der Waals surface area contributed by atoms with Crippen LogP contribution in [0.2, 0.25) is 0 Å². The standard InChI is InChI=1S/C22H25N7/c1-15(2)29-14-23-19-20(24-16-9-6-5-7-10-16)26-22(27-21(19)29)25-17-11-8-12-18(13-17)28(3)4/h5-15H,1-4H3,(H2,24,25,26,27). The van der Waals surface area contributed by atoms with Crippen molar-refractivity contribution in [1.29, 1.82) is 0 Å². The summed E-state index contributed by atoms with van der Waals surface area (Å²) in [6.45, 7) is 4.22. The molecule has 0 aliphatic carbocycles. The van der Waals surface area contributed by atoms with E-state index in [0.717, 1.165) is 28.2 Å². The van der Waals surface area contributed by atoms with Crippen LogP contribution in [0, 0.1) is 0 Å². The second-order valence-corrected chi connectivity index (χ2v) is 7.37. The molecule has 0 unspecified atom stereocenters. The van der Waals surface area contributed by atoms with Crippen molar-refractivity contribution in [1.82, 2.24) is 19.5 Å². The maximum atomic E-state index is 4.75. The van der Waals surface area contributed by atoms with Gasteiger partial charge in [-0.3, -0.25) is 0 Å². The number of benzene rings is 2. The largest absolute Gasteiger partial charge is 0.378 e. The topological polar surface area (TPSA) is 70.9 Å². The molecule has 0 radical (unpaired) electrons. The number of anilines is 5. The van der Waals surface area contributed by atoms with Gasteiger partial charge < -0.3 is 20.1 Å². The van der Waals surface area contributed by atoms with E-state index in [1.807, 2.05) is 62.9 Å². The summed E-state index contributed by atoms with van der Waals surface area (Å²) in [5.74, 6) is 1.20. The number of hydrogen-bond acceptors (Lipinski definition) is 6. The van der Waals surface area contributed by atoms with Crippen LogP contribution in [-0.2, 0) is 0 Å². The van der Waals surface area contributed by atoms with E-state index >= 15 is 0 Å². The third kappa shape index (κ3) is 3.99. The summed E-state index contributed by atoms with van der Waals surface area (Å²) in [6, 6.07) is 18.3. The van der Waals surface area contributed by atoms with E-state index in [1.165, 1.54) is 0 Å². The average Bonchev–Trinajstić information content (AvgIpc) is 3.13. The fourth-order valence-corrected chi connectivity index (χ4v) is 3.09. The van der Waals surface area contributed by atoms with Gasteiger partial charge >= 0.3 is 0 Å². The quantitative estimate of drug-likeness (QED) is 0.487. The number of hydrogen-bond donors (Lipinski definition) is 2. The number of nitrogens with zero attached hydrogens (tertiary/aromatic N) is 5. The molecular weight excluding hydrogens is 362 g/mol. The number of fused-ring (bicyclic) bond motifs is 1. The van der Waals surface area contributed by atoms with Crippen LogP contribution in [0.4, 0.5) is 28.8 Å². The first-order valence-electron chi connectivity index (χ1n) is 9.62. The molecule has 7 nitrogen and oxygen atoms in total. The van der Waals surface area contributed by atoms with Gasteiger partial charge in [-0.2, -0.15) is 9.97 Å². The molecule has 2 N–H and O–H groups in total. The normalized spacial score (nSPS) is 11.1. The lowest BCUT2D eigenvalue weighted by molar-refractivity contribution is 0.613. The van der Waals surface area contributed by atoms with Gasteiger partial charge in [-0.05, 0) is 44.2 Å². The van der Waals surface area contributed by atoms with Crippen molar-refractivity contribution < 1.29 is 0 Å². The Bertz CT molecular complexity index is 1120. The van der Waals surface area contributed by atoms with E-state index in [-0.39, 0.29) is 6.04 Å². The molecule has 0 aliphatic heterocycles. The zero-order valence-corrected chi connectivity index (χ0v) is 17.1. The van der Waals surface area contributed by atoms with Gasteiger partial charge in [0.25, 0.3) is 0 Å². The molecule has 4 rings (SSSR count). The maximum Gasteiger partial charge on any atom is 0.231 e. The van der Waals surface area contributed by atoms with Crippen molar-refractivity contribution in [3.8, 4) is 0 Å². The van der Waals surface area contributed by atoms with Gasteiger partial charge in [-0.25, -0.2) is 4.98 Å². The molecular formula is C22H25N7. The number of para-hydroxylation sites is 1. The molecule has 0 saturated carbocycles. The van der Waals surface area contributed by atoms with Crippen LogP contribution in [-0.4, -0.2) is 33.6 Å². The number of rotatable bonds is 6. The molecule has 0 spiro atoms. The van der Waals surface area contributed by atoms with Gasteiger partial charge in [-0.15, -0.1) is 0 Å². The van der Waals surface area contributed by atoms with Crippen LogP contribution in [0.1, 0.15) is 19.9 Å². The van der Waals surface area contributed by atoms with Crippen LogP contribution in [0.3, 0.4) is 0 Å². The second-order valence-electron chi connectivity index (χ2n) is 7.37. The third-order valence-electron chi connectivity index (χ3n) is 4.63. The lowest BCUT2D eigenvalue weighted by Crippen LogP contribution is -2.09. The van der Waals surface area contributed by atoms with Crippen LogP contribution in [0.5, 0.6) is 0 Å². The summed E-state index contributed by atoms with van der Waals surface area (Å²) in [5, 5.41) is 6.72. The molecule has 0 saturated heterocycles. The van der Waals surface area contributed by atoms with Gasteiger partial charge in [-0.1, -0.05) is 24.3 Å². The van der Waals surface area contributed by atoms with Crippen LogP contribution >= 0.6 is 0 Å². The van der Waals surface area contributed by atoms with E-state index in [2.05, 4.69) is 51.1 Å². The first kappa shape index (κ1) is 18.7. The molecule has 4 aromatic rings. The van der Waals surface area contributed by atoms with Crippen LogP contribution in [0.25, 0.3) is 11.2 Å². The van der Waals surface area contributed by atoms with E-state index in [0.29, 0.717) is 11.8 Å². The molecule has 2 aromatic carbocycles. The van der Waals surface area contributed by atoms with Crippen molar-refractivity contribution in [2.24, 2.45) is 0 Å². The highest BCUT2D eigenvalue weighted by Crippen LogP contribution is 2.27. The maximum absolute atomic E-state index is 4.75. The molecule has 7 heteroatoms. The fourth-order valence-electron chi connectivity index (χ4n) is 3.09. The average molecular weight is 387 g/mol. The minimum Gasteiger partial charge on any atom is -0.378 e. The van der Waals surface area contributed by atoms with Crippen molar-refractivity contribution in [2.75, 3.05) is 29.6 Å². The van der Waals surface area contributed by atoms with Gasteiger partial charge in [0.1, 0.15) is 0 Å². The Balaban J connectivity index is 1.77. The minimum absolute atomic E-state index is 0.240. The Morgan fingerprint density at radius 2 is 1.66 bits per heavy atom. The fraction of sp³-hybridized carbons (Fsp3) is 0.227. The Kier molecular flexibility index (Phi) is 5.03. The van der Waals surface area contributed by atoms with Gasteiger partial charge in [0.2, 0.25) is 5.95 Å². The Labute approximate surface area is 170 Å². The molecule has 0 fully saturated rings. The predicted octanol–water partition coefficient (Wildman–Crippen LogP) is 4.96. The first-order chi connectivity index (χ1) is 14.0. The zero-order chi connectivity index (χ0) is 20.4. The summed E-state index contributed by atoms with van der Waals surface area (Å²) in [7, 11) is 4.04. The first-order valence-corrected chi connectivity index (χ1v) is 9.62. The molecule has 0 bridgehead atoms. The van der Waals surface area contributed by atoms with Gasteiger partial charge in [0.05, 0.1) is 6.33 Å². The molecule has 148 valence electrons. The van der Waals surface area contributed by atoms with E-state index in [1.54, 1.807) is 0 Å². The van der Waals surface area contributed by atoms with Crippen molar-refractivity contribution in [3.05, 3.63) is 60.9 Å². The summed E-state index contributed by atoms with van der Waals surface area (Å²) in [5.41, 5.74) is 4.52. The molecule has 2 aromatic heterocycles. The lowest BCUT2D eigenvalue weighted by Gasteiger charge is -2.15. The van der Waals surface area contributed by atoms with Gasteiger partial charge in [0.15, 0.2) is 17.0 Å². The minimum atomic E-state index is 0.240. The summed E-state index contributed by atoms with van der Waals surface area (Å²) >= 11 is 0. The molecule has 0 atom stereocenters. The molecule has 0 aliphatic rings. The van der Waals surface area contributed by atoms with Crippen molar-refractivity contribution in [3.63, 3.8) is 0 Å². The van der Waals surface area contributed by atoms with Crippen molar-refractivity contribution >= 4 is 40.0 Å². The van der Waals surface area contributed by atoms with Crippen molar-refractivity contribution in [2.45, 2.75) is 19.9 Å². The Hall–Kier alpha value is -3.61. The van der Waals surface area contributed by atoms with E-state index < -0.39 is 0 Å². The predicted molar refractivity (Wildman–Crippen MR) is 119 cm³/mol. The Morgan fingerprint density at radius 3 is 2.38 bits per heavy atom. The lowest BCUT2D eigenvalue weighted by atomic mass is 10.2. The van der Waals surface area contributed by atoms with Crippen LogP contribution < -0.4 is 15.5 Å². The number of nitrogens with one attached hydrogen (secondary N) is 2. The molecule has 29 heavy (non-hydrogen) atoms. The highest BCUT2D eigenvalue weighted by Gasteiger charge is 2.15. The summed E-state index contributed by atoms with van der Waals surface area (Å²) < 4.78 is 2.05. The number of aromatic nitrogens is 4. The SMILES string of the molecule is CC(C)n1cnc2c(Nc3ccccc3)nc(Nc3cccc(N(C)C)c3)nc21. The third-order valence-corrected chi connectivity index (χ3v) is 4.63.